The van der Waals surface area contributed by atoms with Crippen molar-refractivity contribution in [2.24, 2.45) is 5.92 Å². The van der Waals surface area contributed by atoms with Crippen molar-refractivity contribution in [2.75, 3.05) is 39.4 Å². The Morgan fingerprint density at radius 2 is 2.05 bits per heavy atom. The van der Waals surface area contributed by atoms with E-state index in [9.17, 15) is 22.8 Å². The third-order valence-corrected chi connectivity index (χ3v) is 8.94. The number of Topliss-reactive ketones (excluding diaryl/α,β-unsaturated/α-hetero) is 1. The molecule has 0 unspecified atom stereocenters. The summed E-state index contributed by atoms with van der Waals surface area (Å²) in [7, 11) is 0. The number of aromatic nitrogens is 1. The normalized spacial score (nSPS) is 21.9. The Morgan fingerprint density at radius 3 is 2.79 bits per heavy atom. The molecule has 1 aromatic heterocycles. The van der Waals surface area contributed by atoms with Gasteiger partial charge in [-0.1, -0.05) is 23.5 Å². The number of carbonyl (C=O) groups is 2. The third-order valence-electron chi connectivity index (χ3n) is 7.87. The number of carbonyl (C=O) groups excluding carboxylic acids is 2. The molecule has 0 N–H and O–H groups in total. The van der Waals surface area contributed by atoms with Gasteiger partial charge in [-0.2, -0.15) is 13.2 Å². The summed E-state index contributed by atoms with van der Waals surface area (Å²) in [6.45, 7) is 4.85. The number of benzene rings is 1. The van der Waals surface area contributed by atoms with Crippen molar-refractivity contribution in [3.05, 3.63) is 45.5 Å². The van der Waals surface area contributed by atoms with Gasteiger partial charge in [0.2, 0.25) is 0 Å². The van der Waals surface area contributed by atoms with Gasteiger partial charge >= 0.3 is 6.18 Å². The maximum Gasteiger partial charge on any atom is 0.422 e. The fourth-order valence-corrected chi connectivity index (χ4v) is 6.61. The first-order valence-corrected chi connectivity index (χ1v) is 14.5. The van der Waals surface area contributed by atoms with Crippen LogP contribution in [0.3, 0.4) is 0 Å². The number of fused-ring (bicyclic) bond motifs is 2. The first-order chi connectivity index (χ1) is 18.7. The molecule has 5 rings (SSSR count). The van der Waals surface area contributed by atoms with Crippen molar-refractivity contribution in [1.82, 2.24) is 14.8 Å². The summed E-state index contributed by atoms with van der Waals surface area (Å²) < 4.78 is 48.2. The molecule has 0 aliphatic carbocycles. The van der Waals surface area contributed by atoms with Gasteiger partial charge in [0.05, 0.1) is 18.4 Å². The second kappa shape index (κ2) is 11.9. The molecule has 0 spiro atoms. The predicted octanol–water partition coefficient (Wildman–Crippen LogP) is 4.92. The van der Waals surface area contributed by atoms with Crippen LogP contribution in [0.2, 0.25) is 0 Å². The largest absolute Gasteiger partial charge is 0.460 e. The Morgan fingerprint density at radius 1 is 1.23 bits per heavy atom. The number of ketones is 1. The lowest BCUT2D eigenvalue weighted by Gasteiger charge is -2.30. The first-order valence-electron chi connectivity index (χ1n) is 13.7. The Bertz CT molecular complexity index is 1170. The molecule has 1 aromatic carbocycles. The molecule has 3 aliphatic rings. The Hall–Kier alpha value is -2.50. The molecule has 1 saturated heterocycles. The van der Waals surface area contributed by atoms with E-state index in [4.69, 9.17) is 9.47 Å². The Balaban J connectivity index is 1.04. The number of thiazole rings is 1. The molecule has 0 saturated carbocycles. The summed E-state index contributed by atoms with van der Waals surface area (Å²) in [6, 6.07) is 5.45. The van der Waals surface area contributed by atoms with Gasteiger partial charge in [0.25, 0.3) is 11.1 Å². The molecule has 0 radical (unpaired) electrons. The van der Waals surface area contributed by atoms with Gasteiger partial charge in [-0.05, 0) is 50.2 Å². The van der Waals surface area contributed by atoms with Crippen molar-refractivity contribution in [1.29, 1.82) is 0 Å². The van der Waals surface area contributed by atoms with Gasteiger partial charge < -0.3 is 19.3 Å². The Labute approximate surface area is 230 Å². The van der Waals surface area contributed by atoms with Gasteiger partial charge in [0, 0.05) is 61.6 Å². The lowest BCUT2D eigenvalue weighted by molar-refractivity contribution is -0.153. The fraction of sp³-hybridized carbons (Fsp3) is 0.607. The van der Waals surface area contributed by atoms with E-state index in [0.717, 1.165) is 61.5 Å². The van der Waals surface area contributed by atoms with E-state index in [-0.39, 0.29) is 28.9 Å². The SMILES string of the molecule is CCN1Cc2c(C(=O)C[C@H]3CC[C@H](CCN4CCc5nc(OCC(F)(F)F)sc5CC4)OC3)cccc2C1=O. The predicted molar refractivity (Wildman–Crippen MR) is 140 cm³/mol. The van der Waals surface area contributed by atoms with Crippen LogP contribution in [0.1, 0.15) is 69.5 Å². The molecule has 11 heteroatoms. The molecule has 7 nitrogen and oxygen atoms in total. The van der Waals surface area contributed by atoms with Gasteiger partial charge in [-0.3, -0.25) is 9.59 Å². The standard InChI is InChI=1S/C28H34F3N3O4S/c1-2-34-15-22-20(4-3-5-21(22)26(34)36)24(35)14-18-6-7-19(37-16-18)8-11-33-12-9-23-25(10-13-33)39-27(32-23)38-17-28(29,30)31/h3-5,18-19H,2,6-17H2,1H3/t18-,19-/m1/s1. The molecule has 0 bridgehead atoms. The summed E-state index contributed by atoms with van der Waals surface area (Å²) in [6.07, 6.45) is 0.429. The summed E-state index contributed by atoms with van der Waals surface area (Å²) in [5, 5.41) is 0.0995. The van der Waals surface area contributed by atoms with E-state index in [0.29, 0.717) is 43.7 Å². The van der Waals surface area contributed by atoms with E-state index < -0.39 is 12.8 Å². The molecular formula is C28H34F3N3O4S. The Kier molecular flexibility index (Phi) is 8.58. The molecule has 212 valence electrons. The van der Waals surface area contributed by atoms with E-state index in [1.165, 1.54) is 11.3 Å². The highest BCUT2D eigenvalue weighted by atomic mass is 32.1. The van der Waals surface area contributed by atoms with E-state index in [1.807, 2.05) is 19.1 Å². The third kappa shape index (κ3) is 6.81. The van der Waals surface area contributed by atoms with Crippen LogP contribution in [-0.2, 0) is 24.1 Å². The van der Waals surface area contributed by atoms with Gasteiger partial charge in [0.1, 0.15) is 0 Å². The van der Waals surface area contributed by atoms with E-state index >= 15 is 0 Å². The lowest BCUT2D eigenvalue weighted by Crippen LogP contribution is -2.33. The molecule has 1 fully saturated rings. The van der Waals surface area contributed by atoms with Crippen LogP contribution in [0.15, 0.2) is 18.2 Å². The highest BCUT2D eigenvalue weighted by Gasteiger charge is 2.32. The number of rotatable bonds is 9. The number of nitrogens with zero attached hydrogens (tertiary/aromatic N) is 3. The molecule has 4 heterocycles. The zero-order valence-corrected chi connectivity index (χ0v) is 22.9. The summed E-state index contributed by atoms with van der Waals surface area (Å²) in [4.78, 5) is 35.0. The van der Waals surface area contributed by atoms with Crippen LogP contribution in [-0.4, -0.2) is 78.1 Å². The molecular weight excluding hydrogens is 531 g/mol. The highest BCUT2D eigenvalue weighted by Crippen LogP contribution is 2.31. The maximum absolute atomic E-state index is 13.1. The zero-order valence-electron chi connectivity index (χ0n) is 22.1. The molecule has 2 aromatic rings. The van der Waals surface area contributed by atoms with Crippen LogP contribution < -0.4 is 4.74 Å². The quantitative estimate of drug-likeness (QED) is 0.402. The lowest BCUT2D eigenvalue weighted by atomic mass is 9.89. The summed E-state index contributed by atoms with van der Waals surface area (Å²) in [5.41, 5.74) is 3.02. The van der Waals surface area contributed by atoms with Crippen LogP contribution in [0, 0.1) is 5.92 Å². The van der Waals surface area contributed by atoms with Crippen molar-refractivity contribution < 1.29 is 32.2 Å². The van der Waals surface area contributed by atoms with Gasteiger partial charge in [-0.25, -0.2) is 4.98 Å². The average Bonchev–Trinajstić information content (AvgIpc) is 3.41. The number of halogens is 3. The second-order valence-electron chi connectivity index (χ2n) is 10.6. The summed E-state index contributed by atoms with van der Waals surface area (Å²) in [5.74, 6) is 0.266. The van der Waals surface area contributed by atoms with E-state index in [1.54, 1.807) is 11.0 Å². The van der Waals surface area contributed by atoms with Crippen LogP contribution >= 0.6 is 11.3 Å². The molecule has 1 amide bonds. The minimum absolute atomic E-state index is 0.00183. The number of hydrogen-bond donors (Lipinski definition) is 0. The summed E-state index contributed by atoms with van der Waals surface area (Å²) >= 11 is 1.22. The second-order valence-corrected chi connectivity index (χ2v) is 11.6. The monoisotopic (exact) mass is 565 g/mol. The van der Waals surface area contributed by atoms with E-state index in [2.05, 4.69) is 9.88 Å². The topological polar surface area (TPSA) is 72.0 Å². The van der Waals surface area contributed by atoms with Crippen LogP contribution in [0.4, 0.5) is 13.2 Å². The number of ether oxygens (including phenoxy) is 2. The van der Waals surface area contributed by atoms with Gasteiger partial charge in [-0.15, -0.1) is 0 Å². The zero-order chi connectivity index (χ0) is 27.6. The number of hydrogen-bond acceptors (Lipinski definition) is 7. The number of alkyl halides is 3. The minimum atomic E-state index is -4.36. The maximum atomic E-state index is 13.1. The fourth-order valence-electron chi connectivity index (χ4n) is 5.67. The van der Waals surface area contributed by atoms with Crippen molar-refractivity contribution >= 4 is 23.0 Å². The highest BCUT2D eigenvalue weighted by molar-refractivity contribution is 7.13. The minimum Gasteiger partial charge on any atom is -0.460 e. The van der Waals surface area contributed by atoms with Crippen LogP contribution in [0.5, 0.6) is 5.19 Å². The average molecular weight is 566 g/mol. The first kappa shape index (κ1) is 28.0. The van der Waals surface area contributed by atoms with Crippen molar-refractivity contribution in [3.8, 4) is 5.19 Å². The smallest absolute Gasteiger partial charge is 0.422 e. The van der Waals surface area contributed by atoms with Crippen molar-refractivity contribution in [3.63, 3.8) is 0 Å². The van der Waals surface area contributed by atoms with Crippen molar-refractivity contribution in [2.45, 2.75) is 64.3 Å². The van der Waals surface area contributed by atoms with Gasteiger partial charge in [0.15, 0.2) is 12.4 Å². The van der Waals surface area contributed by atoms with Crippen LogP contribution in [0.25, 0.3) is 0 Å². The number of amides is 1. The molecule has 2 atom stereocenters. The molecule has 39 heavy (non-hydrogen) atoms. The molecule has 3 aliphatic heterocycles.